The van der Waals surface area contributed by atoms with Gasteiger partial charge in [-0.05, 0) is 31.4 Å². The fourth-order valence-corrected chi connectivity index (χ4v) is 1.88. The monoisotopic (exact) mass is 211 g/mol. The fourth-order valence-electron chi connectivity index (χ4n) is 1.88. The second kappa shape index (κ2) is 3.89. The van der Waals surface area contributed by atoms with E-state index in [4.69, 9.17) is 0 Å². The Bertz CT molecular complexity index is 344. The Balaban J connectivity index is 2.13. The predicted octanol–water partition coefficient (Wildman–Crippen LogP) is 3.02. The predicted molar refractivity (Wildman–Crippen MR) is 55.5 cm³/mol. The molecule has 0 aliphatic heterocycles. The van der Waals surface area contributed by atoms with Crippen LogP contribution in [-0.2, 0) is 0 Å². The number of benzene rings is 1. The van der Waals surface area contributed by atoms with Gasteiger partial charge in [-0.3, -0.25) is 0 Å². The zero-order valence-corrected chi connectivity index (χ0v) is 8.93. The Labute approximate surface area is 88.5 Å². The van der Waals surface area contributed by atoms with Gasteiger partial charge in [0.25, 0.3) is 0 Å². The minimum Gasteiger partial charge on any atom is -0.307 e. The first-order chi connectivity index (χ1) is 7.09. The van der Waals surface area contributed by atoms with E-state index in [9.17, 15) is 8.78 Å². The van der Waals surface area contributed by atoms with Crippen molar-refractivity contribution in [3.63, 3.8) is 0 Å². The van der Waals surface area contributed by atoms with Crippen LogP contribution in [0.4, 0.5) is 8.78 Å². The summed E-state index contributed by atoms with van der Waals surface area (Å²) in [6.45, 7) is 3.93. The minimum atomic E-state index is -0.469. The first-order valence-electron chi connectivity index (χ1n) is 5.29. The fraction of sp³-hybridized carbons (Fsp3) is 0.500. The zero-order chi connectivity index (χ0) is 11.0. The van der Waals surface area contributed by atoms with Gasteiger partial charge in [-0.15, -0.1) is 0 Å². The molecule has 0 saturated heterocycles. The lowest BCUT2D eigenvalue weighted by Crippen LogP contribution is -2.23. The molecule has 1 aromatic rings. The van der Waals surface area contributed by atoms with Gasteiger partial charge in [-0.25, -0.2) is 8.78 Å². The SMILES string of the molecule is CC(NC1CC1C)c1c(F)cccc1F. The van der Waals surface area contributed by atoms with Crippen molar-refractivity contribution >= 4 is 0 Å². The van der Waals surface area contributed by atoms with Gasteiger partial charge in [0.1, 0.15) is 11.6 Å². The maximum atomic E-state index is 13.4. The van der Waals surface area contributed by atoms with Gasteiger partial charge >= 0.3 is 0 Å². The van der Waals surface area contributed by atoms with Gasteiger partial charge in [-0.2, -0.15) is 0 Å². The molecule has 1 aromatic carbocycles. The lowest BCUT2D eigenvalue weighted by molar-refractivity contribution is 0.479. The number of nitrogens with one attached hydrogen (secondary N) is 1. The van der Waals surface area contributed by atoms with Crippen molar-refractivity contribution in [3.8, 4) is 0 Å². The van der Waals surface area contributed by atoms with Crippen LogP contribution in [0.1, 0.15) is 31.9 Å². The lowest BCUT2D eigenvalue weighted by atomic mass is 10.1. The molecule has 1 fully saturated rings. The summed E-state index contributed by atoms with van der Waals surface area (Å²) in [6.07, 6.45) is 1.10. The third kappa shape index (κ3) is 2.17. The van der Waals surface area contributed by atoms with Crippen molar-refractivity contribution in [2.24, 2.45) is 5.92 Å². The smallest absolute Gasteiger partial charge is 0.130 e. The van der Waals surface area contributed by atoms with Crippen LogP contribution < -0.4 is 5.32 Å². The molecule has 1 nitrogen and oxygen atoms in total. The first-order valence-corrected chi connectivity index (χ1v) is 5.29. The summed E-state index contributed by atoms with van der Waals surface area (Å²) in [5.41, 5.74) is 0.150. The van der Waals surface area contributed by atoms with Crippen molar-refractivity contribution in [1.82, 2.24) is 5.32 Å². The summed E-state index contributed by atoms with van der Waals surface area (Å²) in [5, 5.41) is 3.22. The number of hydrogen-bond acceptors (Lipinski definition) is 1. The van der Waals surface area contributed by atoms with E-state index < -0.39 is 11.6 Å². The van der Waals surface area contributed by atoms with E-state index >= 15 is 0 Å². The summed E-state index contributed by atoms with van der Waals surface area (Å²) in [7, 11) is 0. The molecule has 3 atom stereocenters. The van der Waals surface area contributed by atoms with Gasteiger partial charge in [-0.1, -0.05) is 13.0 Å². The van der Waals surface area contributed by atoms with Gasteiger partial charge in [0.05, 0.1) is 0 Å². The molecule has 15 heavy (non-hydrogen) atoms. The van der Waals surface area contributed by atoms with E-state index in [1.807, 2.05) is 0 Å². The van der Waals surface area contributed by atoms with Crippen molar-refractivity contribution < 1.29 is 8.78 Å². The Morgan fingerprint density at radius 2 is 1.87 bits per heavy atom. The Morgan fingerprint density at radius 3 is 2.33 bits per heavy atom. The quantitative estimate of drug-likeness (QED) is 0.810. The summed E-state index contributed by atoms with van der Waals surface area (Å²) in [4.78, 5) is 0. The molecule has 0 amide bonds. The summed E-state index contributed by atoms with van der Waals surface area (Å²) >= 11 is 0. The van der Waals surface area contributed by atoms with Crippen LogP contribution >= 0.6 is 0 Å². The van der Waals surface area contributed by atoms with Gasteiger partial charge in [0.15, 0.2) is 0 Å². The highest BCUT2D eigenvalue weighted by Gasteiger charge is 2.34. The summed E-state index contributed by atoms with van der Waals surface area (Å²) in [6, 6.07) is 4.14. The molecular weight excluding hydrogens is 196 g/mol. The average molecular weight is 211 g/mol. The molecule has 1 aliphatic carbocycles. The van der Waals surface area contributed by atoms with Gasteiger partial charge < -0.3 is 5.32 Å². The molecule has 82 valence electrons. The molecule has 2 rings (SSSR count). The maximum absolute atomic E-state index is 13.4. The van der Waals surface area contributed by atoms with Gasteiger partial charge in [0.2, 0.25) is 0 Å². The number of halogens is 2. The Morgan fingerprint density at radius 1 is 1.33 bits per heavy atom. The molecule has 3 heteroatoms. The zero-order valence-electron chi connectivity index (χ0n) is 8.93. The highest BCUT2D eigenvalue weighted by Crippen LogP contribution is 2.32. The lowest BCUT2D eigenvalue weighted by Gasteiger charge is -2.15. The third-order valence-electron chi connectivity index (χ3n) is 3.01. The van der Waals surface area contributed by atoms with E-state index in [1.165, 1.54) is 18.2 Å². The van der Waals surface area contributed by atoms with E-state index in [0.717, 1.165) is 6.42 Å². The molecule has 1 aliphatic rings. The average Bonchev–Trinajstić information content (AvgIpc) is 2.81. The molecule has 1 N–H and O–H groups in total. The molecule has 0 bridgehead atoms. The second-order valence-corrected chi connectivity index (χ2v) is 4.34. The highest BCUT2D eigenvalue weighted by atomic mass is 19.1. The minimum absolute atomic E-state index is 0.150. The third-order valence-corrected chi connectivity index (χ3v) is 3.01. The van der Waals surface area contributed by atoms with Crippen LogP contribution in [0.25, 0.3) is 0 Å². The van der Waals surface area contributed by atoms with Crippen LogP contribution in [-0.4, -0.2) is 6.04 Å². The number of rotatable bonds is 3. The van der Waals surface area contributed by atoms with E-state index in [2.05, 4.69) is 12.2 Å². The number of hydrogen-bond donors (Lipinski definition) is 1. The van der Waals surface area contributed by atoms with Crippen LogP contribution in [0.5, 0.6) is 0 Å². The molecule has 0 aromatic heterocycles. The van der Waals surface area contributed by atoms with E-state index in [-0.39, 0.29) is 11.6 Å². The first kappa shape index (κ1) is 10.6. The molecule has 0 spiro atoms. The molecule has 3 unspecified atom stereocenters. The van der Waals surface area contributed by atoms with Gasteiger partial charge in [0, 0.05) is 17.6 Å². The summed E-state index contributed by atoms with van der Waals surface area (Å²) in [5.74, 6) is -0.311. The van der Waals surface area contributed by atoms with Crippen LogP contribution in [0, 0.1) is 17.6 Å². The molecule has 1 saturated carbocycles. The second-order valence-electron chi connectivity index (χ2n) is 4.34. The van der Waals surface area contributed by atoms with Crippen LogP contribution in [0.3, 0.4) is 0 Å². The summed E-state index contributed by atoms with van der Waals surface area (Å²) < 4.78 is 26.8. The van der Waals surface area contributed by atoms with Crippen LogP contribution in [0.15, 0.2) is 18.2 Å². The van der Waals surface area contributed by atoms with Crippen molar-refractivity contribution in [2.75, 3.05) is 0 Å². The standard InChI is InChI=1S/C12H15F2N/c1-7-6-11(7)15-8(2)12-9(13)4-3-5-10(12)14/h3-5,7-8,11,15H,6H2,1-2H3. The molecule has 0 radical (unpaired) electrons. The largest absolute Gasteiger partial charge is 0.307 e. The maximum Gasteiger partial charge on any atom is 0.130 e. The molecule has 0 heterocycles. The Hall–Kier alpha value is -0.960. The van der Waals surface area contributed by atoms with Crippen molar-refractivity contribution in [1.29, 1.82) is 0 Å². The Kier molecular flexibility index (Phi) is 2.74. The van der Waals surface area contributed by atoms with E-state index in [1.54, 1.807) is 6.92 Å². The van der Waals surface area contributed by atoms with E-state index in [0.29, 0.717) is 12.0 Å². The van der Waals surface area contributed by atoms with Crippen LogP contribution in [0.2, 0.25) is 0 Å². The van der Waals surface area contributed by atoms with Crippen molar-refractivity contribution in [2.45, 2.75) is 32.4 Å². The normalized spacial score (nSPS) is 26.4. The topological polar surface area (TPSA) is 12.0 Å². The highest BCUT2D eigenvalue weighted by molar-refractivity contribution is 5.23. The molecular formula is C12H15F2N. The van der Waals surface area contributed by atoms with Crippen molar-refractivity contribution in [3.05, 3.63) is 35.4 Å².